The van der Waals surface area contributed by atoms with E-state index in [1.54, 1.807) is 6.08 Å². The van der Waals surface area contributed by atoms with E-state index >= 15 is 0 Å². The molecule has 1 aliphatic heterocycles. The molecule has 102 valence electrons. The number of carbonyl (C=O) groups excluding carboxylic acids is 2. The Labute approximate surface area is 113 Å². The molecule has 3 heteroatoms. The van der Waals surface area contributed by atoms with Crippen molar-refractivity contribution in [2.45, 2.75) is 46.0 Å². The van der Waals surface area contributed by atoms with Crippen molar-refractivity contribution >= 4 is 11.8 Å². The lowest BCUT2D eigenvalue weighted by Gasteiger charge is -2.66. The van der Waals surface area contributed by atoms with Crippen molar-refractivity contribution in [2.24, 2.45) is 28.6 Å². The van der Waals surface area contributed by atoms with Crippen LogP contribution in [0.15, 0.2) is 11.6 Å². The molecule has 4 bridgehead atoms. The Balaban J connectivity index is 1.83. The van der Waals surface area contributed by atoms with E-state index in [0.29, 0.717) is 5.92 Å². The molecule has 4 saturated carbocycles. The molecule has 3 atom stereocenters. The molecule has 1 N–H and O–H groups in total. The second-order valence-corrected chi connectivity index (χ2v) is 7.68. The molecule has 2 amide bonds. The molecule has 3 unspecified atom stereocenters. The van der Waals surface area contributed by atoms with Crippen LogP contribution in [-0.4, -0.2) is 11.8 Å². The van der Waals surface area contributed by atoms with E-state index in [0.717, 1.165) is 17.4 Å². The van der Waals surface area contributed by atoms with E-state index in [2.05, 4.69) is 19.2 Å². The molecule has 0 aromatic heterocycles. The summed E-state index contributed by atoms with van der Waals surface area (Å²) in [6, 6.07) is 0. The Morgan fingerprint density at radius 2 is 1.74 bits per heavy atom. The summed E-state index contributed by atoms with van der Waals surface area (Å²) >= 11 is 0. The maximum absolute atomic E-state index is 12.2. The highest BCUT2D eigenvalue weighted by atomic mass is 16.2. The zero-order valence-corrected chi connectivity index (χ0v) is 11.7. The van der Waals surface area contributed by atoms with Crippen molar-refractivity contribution in [3.8, 4) is 0 Å². The fraction of sp³-hybridized carbons (Fsp3) is 0.750. The quantitative estimate of drug-likeness (QED) is 0.735. The fourth-order valence-corrected chi connectivity index (χ4v) is 5.99. The van der Waals surface area contributed by atoms with Crippen LogP contribution in [0.1, 0.15) is 46.0 Å². The highest BCUT2D eigenvalue weighted by Gasteiger charge is 2.63. The molecular weight excluding hydrogens is 238 g/mol. The van der Waals surface area contributed by atoms with E-state index < -0.39 is 0 Å². The van der Waals surface area contributed by atoms with E-state index in [1.807, 2.05) is 0 Å². The van der Waals surface area contributed by atoms with Crippen LogP contribution in [0, 0.1) is 28.6 Å². The number of amides is 2. The predicted molar refractivity (Wildman–Crippen MR) is 71.0 cm³/mol. The van der Waals surface area contributed by atoms with Gasteiger partial charge in [-0.2, -0.15) is 0 Å². The third-order valence-corrected chi connectivity index (χ3v) is 6.77. The lowest BCUT2D eigenvalue weighted by atomic mass is 9.38. The summed E-state index contributed by atoms with van der Waals surface area (Å²) < 4.78 is 0. The van der Waals surface area contributed by atoms with Gasteiger partial charge in [-0.05, 0) is 55.3 Å². The lowest BCUT2D eigenvalue weighted by molar-refractivity contribution is -0.147. The monoisotopic (exact) mass is 259 g/mol. The number of hydrogen-bond donors (Lipinski definition) is 1. The zero-order valence-electron chi connectivity index (χ0n) is 11.7. The van der Waals surface area contributed by atoms with Crippen LogP contribution in [0.4, 0.5) is 0 Å². The topological polar surface area (TPSA) is 46.2 Å². The van der Waals surface area contributed by atoms with Crippen LogP contribution in [0.25, 0.3) is 0 Å². The van der Waals surface area contributed by atoms with Gasteiger partial charge < -0.3 is 0 Å². The molecular formula is C16H21NO2. The molecule has 5 aliphatic rings. The van der Waals surface area contributed by atoms with Gasteiger partial charge in [0.15, 0.2) is 0 Å². The van der Waals surface area contributed by atoms with E-state index in [9.17, 15) is 9.59 Å². The minimum absolute atomic E-state index is 0.101. The minimum atomic E-state index is -0.223. The van der Waals surface area contributed by atoms with Gasteiger partial charge in [0, 0.05) is 17.1 Å². The van der Waals surface area contributed by atoms with Gasteiger partial charge in [0.2, 0.25) is 0 Å². The second-order valence-electron chi connectivity index (χ2n) is 7.68. The molecule has 5 rings (SSSR count). The number of nitrogens with one attached hydrogen (secondary N) is 1. The molecule has 0 saturated heterocycles. The Hall–Kier alpha value is -1.12. The number of hydrogen-bond acceptors (Lipinski definition) is 2. The van der Waals surface area contributed by atoms with Crippen LogP contribution >= 0.6 is 0 Å². The maximum atomic E-state index is 12.2. The van der Waals surface area contributed by atoms with E-state index in [4.69, 9.17) is 0 Å². The molecule has 0 spiro atoms. The maximum Gasteiger partial charge on any atom is 0.254 e. The van der Waals surface area contributed by atoms with Gasteiger partial charge in [-0.1, -0.05) is 13.8 Å². The summed E-state index contributed by atoms with van der Waals surface area (Å²) in [6.07, 6.45) is 7.94. The molecule has 0 radical (unpaired) electrons. The van der Waals surface area contributed by atoms with Gasteiger partial charge >= 0.3 is 0 Å². The largest absolute Gasteiger partial charge is 0.289 e. The van der Waals surface area contributed by atoms with Crippen molar-refractivity contribution in [3.05, 3.63) is 11.6 Å². The molecule has 0 aromatic rings. The van der Waals surface area contributed by atoms with Crippen molar-refractivity contribution in [1.29, 1.82) is 0 Å². The van der Waals surface area contributed by atoms with Crippen molar-refractivity contribution in [2.75, 3.05) is 0 Å². The molecule has 3 nitrogen and oxygen atoms in total. The van der Waals surface area contributed by atoms with Gasteiger partial charge in [0.05, 0.1) is 0 Å². The first kappa shape index (κ1) is 11.7. The van der Waals surface area contributed by atoms with Crippen LogP contribution in [-0.2, 0) is 9.59 Å². The molecule has 0 aromatic carbocycles. The summed E-state index contributed by atoms with van der Waals surface area (Å²) in [5.41, 5.74) is 0.871. The highest BCUT2D eigenvalue weighted by molar-refractivity contribution is 6.17. The highest BCUT2D eigenvalue weighted by Crippen LogP contribution is 2.70. The van der Waals surface area contributed by atoms with Crippen molar-refractivity contribution in [1.82, 2.24) is 5.32 Å². The lowest BCUT2D eigenvalue weighted by Crippen LogP contribution is -2.59. The second kappa shape index (κ2) is 3.31. The smallest absolute Gasteiger partial charge is 0.254 e. The van der Waals surface area contributed by atoms with Crippen molar-refractivity contribution in [3.63, 3.8) is 0 Å². The summed E-state index contributed by atoms with van der Waals surface area (Å²) in [6.45, 7) is 4.60. The minimum Gasteiger partial charge on any atom is -0.289 e. The first-order chi connectivity index (χ1) is 8.92. The number of imide groups is 1. The van der Waals surface area contributed by atoms with Gasteiger partial charge in [-0.3, -0.25) is 14.9 Å². The van der Waals surface area contributed by atoms with Crippen LogP contribution in [0.5, 0.6) is 0 Å². The standard InChI is InChI=1S/C16H21NO2/c1-15-7-9-3-10(8-15)5-11(4-9)16(15,2)12-6-13(18)17-14(12)19/h6,9-11H,3-5,7-8H2,1-2H3,(H,17,18,19). The van der Waals surface area contributed by atoms with Crippen LogP contribution in [0.2, 0.25) is 0 Å². The van der Waals surface area contributed by atoms with E-state index in [1.165, 1.54) is 32.1 Å². The summed E-state index contributed by atoms with van der Waals surface area (Å²) in [5.74, 6) is 1.94. The van der Waals surface area contributed by atoms with Gasteiger partial charge in [0.1, 0.15) is 0 Å². The van der Waals surface area contributed by atoms with Gasteiger partial charge in [0.25, 0.3) is 11.8 Å². The summed E-state index contributed by atoms with van der Waals surface area (Å²) in [4.78, 5) is 23.7. The molecule has 4 aliphatic carbocycles. The Morgan fingerprint density at radius 3 is 2.21 bits per heavy atom. The Bertz CT molecular complexity index is 507. The molecule has 1 heterocycles. The normalized spacial score (nSPS) is 51.5. The summed E-state index contributed by atoms with van der Waals surface area (Å²) in [7, 11) is 0. The predicted octanol–water partition coefficient (Wildman–Crippen LogP) is 2.42. The van der Waals surface area contributed by atoms with Crippen LogP contribution < -0.4 is 5.32 Å². The average Bonchev–Trinajstić information content (AvgIpc) is 2.64. The van der Waals surface area contributed by atoms with E-state index in [-0.39, 0.29) is 22.6 Å². The third kappa shape index (κ3) is 1.29. The fourth-order valence-electron chi connectivity index (χ4n) is 5.99. The van der Waals surface area contributed by atoms with Crippen molar-refractivity contribution < 1.29 is 9.59 Å². The van der Waals surface area contributed by atoms with Crippen LogP contribution in [0.3, 0.4) is 0 Å². The molecule has 19 heavy (non-hydrogen) atoms. The SMILES string of the molecule is CC12CC3CC(CC(C3)C1(C)C1=CC(=O)NC1=O)C2. The first-order valence-electron chi connectivity index (χ1n) is 7.50. The summed E-state index contributed by atoms with van der Waals surface area (Å²) in [5, 5.41) is 2.45. The Kier molecular flexibility index (Phi) is 2.03. The van der Waals surface area contributed by atoms with Gasteiger partial charge in [-0.25, -0.2) is 0 Å². The average molecular weight is 259 g/mol. The van der Waals surface area contributed by atoms with Gasteiger partial charge in [-0.15, -0.1) is 0 Å². The molecule has 4 fully saturated rings. The third-order valence-electron chi connectivity index (χ3n) is 6.77. The number of carbonyl (C=O) groups is 2. The first-order valence-corrected chi connectivity index (χ1v) is 7.50. The number of rotatable bonds is 1. The Morgan fingerprint density at radius 1 is 1.11 bits per heavy atom. The zero-order chi connectivity index (χ0) is 13.4.